The Bertz CT molecular complexity index is 368. The van der Waals surface area contributed by atoms with Crippen LogP contribution in [0, 0.1) is 5.21 Å². The van der Waals surface area contributed by atoms with Crippen LogP contribution in [0.1, 0.15) is 19.4 Å². The molecule has 2 rings (SSSR count). The molecule has 0 aromatic heterocycles. The van der Waals surface area contributed by atoms with Gasteiger partial charge < -0.3 is 9.94 Å². The van der Waals surface area contributed by atoms with Crippen LogP contribution in [0.15, 0.2) is 30.3 Å². The second-order valence-corrected chi connectivity index (χ2v) is 4.07. The van der Waals surface area contributed by atoms with E-state index >= 15 is 0 Å². The largest absolute Gasteiger partial charge is 0.621 e. The van der Waals surface area contributed by atoms with Gasteiger partial charge in [0.15, 0.2) is 6.61 Å². The first-order valence-electron chi connectivity index (χ1n) is 4.64. The molecule has 0 amide bonds. The van der Waals surface area contributed by atoms with Crippen LogP contribution < -0.4 is 0 Å². The first-order valence-corrected chi connectivity index (χ1v) is 4.64. The molecule has 14 heavy (non-hydrogen) atoms. The van der Waals surface area contributed by atoms with Gasteiger partial charge in [0.2, 0.25) is 5.54 Å². The molecule has 0 saturated carbocycles. The number of hydroxylamine groups is 1. The Balaban J connectivity index is 2.42. The van der Waals surface area contributed by atoms with Crippen molar-refractivity contribution >= 4 is 5.90 Å². The minimum atomic E-state index is -0.453. The number of benzene rings is 1. The number of nitrogens with zero attached hydrogens (tertiary/aromatic N) is 1. The summed E-state index contributed by atoms with van der Waals surface area (Å²) in [5, 5.41) is 11.8. The molecule has 0 saturated heterocycles. The Morgan fingerprint density at radius 2 is 1.93 bits per heavy atom. The fraction of sp³-hybridized carbons (Fsp3) is 0.364. The summed E-state index contributed by atoms with van der Waals surface area (Å²) < 4.78 is 6.34. The van der Waals surface area contributed by atoms with Crippen LogP contribution in [0.4, 0.5) is 0 Å². The SMILES string of the molecule is CC1(C)COC(c2ccccc2)=[N+]1[O-]. The van der Waals surface area contributed by atoms with Gasteiger partial charge in [-0.3, -0.25) is 0 Å². The molecule has 0 fully saturated rings. The summed E-state index contributed by atoms with van der Waals surface area (Å²) in [7, 11) is 0. The standard InChI is InChI=1S/C11H13NO2/c1-11(2)8-14-10(12(11)13)9-6-4-3-5-7-9/h3-7H,8H2,1-2H3. The van der Waals surface area contributed by atoms with Crippen molar-refractivity contribution in [2.45, 2.75) is 19.4 Å². The zero-order chi connectivity index (χ0) is 10.2. The van der Waals surface area contributed by atoms with Crippen LogP contribution in [0.2, 0.25) is 0 Å². The molecule has 0 spiro atoms. The summed E-state index contributed by atoms with van der Waals surface area (Å²) in [6, 6.07) is 9.46. The van der Waals surface area contributed by atoms with Gasteiger partial charge in [-0.2, -0.15) is 4.74 Å². The maximum Gasteiger partial charge on any atom is 0.382 e. The highest BCUT2D eigenvalue weighted by Crippen LogP contribution is 2.19. The molecule has 0 N–H and O–H groups in total. The molecule has 1 aliphatic heterocycles. The summed E-state index contributed by atoms with van der Waals surface area (Å²) in [5.41, 5.74) is 0.388. The third-order valence-corrected chi connectivity index (χ3v) is 2.32. The van der Waals surface area contributed by atoms with E-state index in [1.165, 1.54) is 0 Å². The van der Waals surface area contributed by atoms with E-state index in [2.05, 4.69) is 0 Å². The smallest absolute Gasteiger partial charge is 0.382 e. The van der Waals surface area contributed by atoms with E-state index < -0.39 is 5.54 Å². The lowest BCUT2D eigenvalue weighted by Crippen LogP contribution is -2.32. The number of ether oxygens (including phenoxy) is 1. The van der Waals surface area contributed by atoms with Crippen LogP contribution in [-0.4, -0.2) is 22.8 Å². The van der Waals surface area contributed by atoms with E-state index in [0.29, 0.717) is 12.5 Å². The molecule has 0 radical (unpaired) electrons. The summed E-state index contributed by atoms with van der Waals surface area (Å²) in [6.07, 6.45) is 0. The molecular weight excluding hydrogens is 178 g/mol. The van der Waals surface area contributed by atoms with Gasteiger partial charge in [-0.15, -0.1) is 0 Å². The highest BCUT2D eigenvalue weighted by molar-refractivity contribution is 5.91. The topological polar surface area (TPSA) is 35.3 Å². The van der Waals surface area contributed by atoms with E-state index in [9.17, 15) is 5.21 Å². The van der Waals surface area contributed by atoms with Crippen molar-refractivity contribution in [2.75, 3.05) is 6.61 Å². The molecule has 0 aliphatic carbocycles. The maximum absolute atomic E-state index is 11.8. The minimum Gasteiger partial charge on any atom is -0.621 e. The maximum atomic E-state index is 11.8. The fourth-order valence-corrected chi connectivity index (χ4v) is 1.42. The average Bonchev–Trinajstić information content (AvgIpc) is 2.44. The number of rotatable bonds is 1. The normalized spacial score (nSPS) is 19.6. The van der Waals surface area contributed by atoms with Crippen LogP contribution in [-0.2, 0) is 4.74 Å². The van der Waals surface area contributed by atoms with Gasteiger partial charge in [0.1, 0.15) is 0 Å². The van der Waals surface area contributed by atoms with E-state index in [0.717, 1.165) is 10.3 Å². The van der Waals surface area contributed by atoms with Gasteiger partial charge in [-0.05, 0) is 12.1 Å². The highest BCUT2D eigenvalue weighted by Gasteiger charge is 2.39. The minimum absolute atomic E-state index is 0.426. The molecule has 3 nitrogen and oxygen atoms in total. The lowest BCUT2D eigenvalue weighted by Gasteiger charge is -2.14. The summed E-state index contributed by atoms with van der Waals surface area (Å²) in [6.45, 7) is 4.19. The summed E-state index contributed by atoms with van der Waals surface area (Å²) >= 11 is 0. The average molecular weight is 191 g/mol. The molecule has 0 unspecified atom stereocenters. The predicted octanol–water partition coefficient (Wildman–Crippen LogP) is 1.75. The molecule has 0 atom stereocenters. The van der Waals surface area contributed by atoms with Crippen molar-refractivity contribution in [2.24, 2.45) is 0 Å². The molecule has 0 bridgehead atoms. The Labute approximate surface area is 83.2 Å². The molecule has 1 aromatic rings. The van der Waals surface area contributed by atoms with Crippen LogP contribution in [0.3, 0.4) is 0 Å². The molecule has 1 heterocycles. The van der Waals surface area contributed by atoms with E-state index in [1.54, 1.807) is 0 Å². The van der Waals surface area contributed by atoms with Gasteiger partial charge >= 0.3 is 5.90 Å². The van der Waals surface area contributed by atoms with Gasteiger partial charge in [-0.1, -0.05) is 18.2 Å². The van der Waals surface area contributed by atoms with E-state index in [-0.39, 0.29) is 0 Å². The van der Waals surface area contributed by atoms with E-state index in [4.69, 9.17) is 4.74 Å². The summed E-state index contributed by atoms with van der Waals surface area (Å²) in [5.74, 6) is 0.426. The number of hydrogen-bond donors (Lipinski definition) is 0. The Hall–Kier alpha value is -1.51. The van der Waals surface area contributed by atoms with Crippen molar-refractivity contribution in [3.8, 4) is 0 Å². The Kier molecular flexibility index (Phi) is 1.95. The van der Waals surface area contributed by atoms with Gasteiger partial charge in [0.25, 0.3) is 0 Å². The third kappa shape index (κ3) is 1.35. The Morgan fingerprint density at radius 3 is 2.43 bits per heavy atom. The first-order chi connectivity index (χ1) is 6.61. The number of hydrogen-bond acceptors (Lipinski definition) is 2. The highest BCUT2D eigenvalue weighted by atomic mass is 16.6. The fourth-order valence-electron chi connectivity index (χ4n) is 1.42. The zero-order valence-corrected chi connectivity index (χ0v) is 8.36. The third-order valence-electron chi connectivity index (χ3n) is 2.32. The monoisotopic (exact) mass is 191 g/mol. The molecular formula is C11H13NO2. The van der Waals surface area contributed by atoms with E-state index in [1.807, 2.05) is 44.2 Å². The molecule has 3 heteroatoms. The quantitative estimate of drug-likeness (QED) is 0.500. The van der Waals surface area contributed by atoms with Crippen LogP contribution in [0.25, 0.3) is 0 Å². The molecule has 1 aromatic carbocycles. The van der Waals surface area contributed by atoms with Crippen LogP contribution in [0.5, 0.6) is 0 Å². The van der Waals surface area contributed by atoms with Crippen molar-refractivity contribution in [3.63, 3.8) is 0 Å². The second kappa shape index (κ2) is 3.01. The predicted molar refractivity (Wildman–Crippen MR) is 54.2 cm³/mol. The Morgan fingerprint density at radius 1 is 1.29 bits per heavy atom. The lowest BCUT2D eigenvalue weighted by atomic mass is 10.1. The zero-order valence-electron chi connectivity index (χ0n) is 8.36. The summed E-state index contributed by atoms with van der Waals surface area (Å²) in [4.78, 5) is 0. The first kappa shape index (κ1) is 9.06. The van der Waals surface area contributed by atoms with Crippen molar-refractivity contribution in [1.82, 2.24) is 0 Å². The molecule has 1 aliphatic rings. The van der Waals surface area contributed by atoms with Gasteiger partial charge in [0.05, 0.1) is 5.56 Å². The van der Waals surface area contributed by atoms with Crippen molar-refractivity contribution in [1.29, 1.82) is 0 Å². The van der Waals surface area contributed by atoms with Crippen LogP contribution >= 0.6 is 0 Å². The van der Waals surface area contributed by atoms with Gasteiger partial charge in [0, 0.05) is 13.8 Å². The van der Waals surface area contributed by atoms with Crippen molar-refractivity contribution in [3.05, 3.63) is 41.1 Å². The molecule has 74 valence electrons. The van der Waals surface area contributed by atoms with Gasteiger partial charge in [-0.25, -0.2) is 0 Å². The van der Waals surface area contributed by atoms with Crippen molar-refractivity contribution < 1.29 is 9.48 Å². The second-order valence-electron chi connectivity index (χ2n) is 4.07. The lowest BCUT2D eigenvalue weighted by molar-refractivity contribution is -0.527.